The Labute approximate surface area is 167 Å². The molecule has 1 amide bonds. The molecular formula is C22H22N2O5. The van der Waals surface area contributed by atoms with Gasteiger partial charge in [-0.1, -0.05) is 49.4 Å². The van der Waals surface area contributed by atoms with E-state index in [9.17, 15) is 19.5 Å². The fraction of sp³-hybridized carbons (Fsp3) is 0.227. The SMILES string of the molecule is CCc1c(C(=O)C(N)=O)c2c(C(O)C(=O)OC)cccc2n1Cc1ccccc1. The van der Waals surface area contributed by atoms with Crippen molar-refractivity contribution in [2.24, 2.45) is 5.73 Å². The monoisotopic (exact) mass is 394 g/mol. The lowest BCUT2D eigenvalue weighted by atomic mass is 9.97. The first-order chi connectivity index (χ1) is 13.9. The summed E-state index contributed by atoms with van der Waals surface area (Å²) in [6.07, 6.45) is -1.15. The molecule has 0 aliphatic carbocycles. The number of nitrogens with zero attached hydrogens (tertiary/aromatic N) is 1. The number of primary amides is 1. The average Bonchev–Trinajstić information content (AvgIpc) is 3.05. The van der Waals surface area contributed by atoms with E-state index in [0.717, 1.165) is 5.56 Å². The first-order valence-corrected chi connectivity index (χ1v) is 9.18. The molecule has 1 heterocycles. The minimum absolute atomic E-state index is 0.115. The number of nitrogens with two attached hydrogens (primary N) is 1. The van der Waals surface area contributed by atoms with Gasteiger partial charge in [-0.05, 0) is 18.1 Å². The molecule has 7 heteroatoms. The predicted octanol–water partition coefficient (Wildman–Crippen LogP) is 2.13. The maximum atomic E-state index is 12.7. The van der Waals surface area contributed by atoms with Gasteiger partial charge in [0.05, 0.1) is 12.7 Å². The Morgan fingerprint density at radius 2 is 1.79 bits per heavy atom. The van der Waals surface area contributed by atoms with Gasteiger partial charge in [0.15, 0.2) is 6.10 Å². The van der Waals surface area contributed by atoms with Crippen LogP contribution in [-0.4, -0.2) is 34.4 Å². The number of hydrogen-bond donors (Lipinski definition) is 2. The summed E-state index contributed by atoms with van der Waals surface area (Å²) in [5, 5.41) is 10.8. The maximum Gasteiger partial charge on any atom is 0.339 e. The van der Waals surface area contributed by atoms with Gasteiger partial charge in [-0.25, -0.2) is 4.79 Å². The van der Waals surface area contributed by atoms with Crippen molar-refractivity contribution in [3.05, 3.63) is 70.9 Å². The number of aromatic nitrogens is 1. The molecule has 0 spiro atoms. The van der Waals surface area contributed by atoms with Crippen LogP contribution < -0.4 is 5.73 Å². The fourth-order valence-electron chi connectivity index (χ4n) is 3.63. The zero-order chi connectivity index (χ0) is 21.1. The van der Waals surface area contributed by atoms with E-state index in [1.807, 2.05) is 41.8 Å². The molecule has 3 N–H and O–H groups in total. The molecule has 0 aliphatic heterocycles. The van der Waals surface area contributed by atoms with E-state index in [1.165, 1.54) is 13.2 Å². The number of carbonyl (C=O) groups excluding carboxylic acids is 3. The van der Waals surface area contributed by atoms with E-state index in [1.54, 1.807) is 12.1 Å². The topological polar surface area (TPSA) is 112 Å². The van der Waals surface area contributed by atoms with Crippen LogP contribution in [0.2, 0.25) is 0 Å². The lowest BCUT2D eigenvalue weighted by Gasteiger charge is -2.12. The van der Waals surface area contributed by atoms with E-state index in [2.05, 4.69) is 4.74 Å². The Balaban J connectivity index is 2.35. The highest BCUT2D eigenvalue weighted by atomic mass is 16.5. The standard InChI is InChI=1S/C22H22N2O5/c1-3-15-18(20(26)21(23)27)17-14(19(25)22(28)29-2)10-7-11-16(17)24(15)12-13-8-5-4-6-9-13/h4-11,19,25H,3,12H2,1-2H3,(H2,23,27). The number of amides is 1. The minimum atomic E-state index is -1.60. The maximum absolute atomic E-state index is 12.7. The van der Waals surface area contributed by atoms with Crippen molar-refractivity contribution < 1.29 is 24.2 Å². The number of esters is 1. The summed E-state index contributed by atoms with van der Waals surface area (Å²) in [5.74, 6) is -2.81. The highest BCUT2D eigenvalue weighted by Crippen LogP contribution is 2.34. The van der Waals surface area contributed by atoms with Crippen molar-refractivity contribution in [2.75, 3.05) is 7.11 Å². The molecule has 0 aliphatic rings. The first-order valence-electron chi connectivity index (χ1n) is 9.18. The van der Waals surface area contributed by atoms with Crippen LogP contribution in [0, 0.1) is 0 Å². The normalized spacial score (nSPS) is 12.0. The van der Waals surface area contributed by atoms with Gasteiger partial charge in [-0.15, -0.1) is 0 Å². The van der Waals surface area contributed by atoms with Crippen LogP contribution in [0.1, 0.15) is 40.2 Å². The van der Waals surface area contributed by atoms with E-state index in [0.29, 0.717) is 29.6 Å². The summed E-state index contributed by atoms with van der Waals surface area (Å²) in [6, 6.07) is 14.6. The van der Waals surface area contributed by atoms with Crippen molar-refractivity contribution in [1.29, 1.82) is 0 Å². The third-order valence-corrected chi connectivity index (χ3v) is 4.92. The molecule has 0 bridgehead atoms. The Morgan fingerprint density at radius 1 is 1.10 bits per heavy atom. The Bertz CT molecular complexity index is 1090. The van der Waals surface area contributed by atoms with Crippen LogP contribution in [-0.2, 0) is 27.3 Å². The quantitative estimate of drug-likeness (QED) is 0.362. The third-order valence-electron chi connectivity index (χ3n) is 4.92. The number of methoxy groups -OCH3 is 1. The largest absolute Gasteiger partial charge is 0.467 e. The number of aliphatic hydroxyl groups is 1. The lowest BCUT2D eigenvalue weighted by Crippen LogP contribution is -2.24. The molecule has 0 saturated carbocycles. The summed E-state index contributed by atoms with van der Waals surface area (Å²) in [4.78, 5) is 36.5. The Morgan fingerprint density at radius 3 is 2.38 bits per heavy atom. The van der Waals surface area contributed by atoms with Crippen LogP contribution in [0.5, 0.6) is 0 Å². The van der Waals surface area contributed by atoms with Gasteiger partial charge in [0.25, 0.3) is 11.7 Å². The molecular weight excluding hydrogens is 372 g/mol. The van der Waals surface area contributed by atoms with Crippen LogP contribution >= 0.6 is 0 Å². The molecule has 2 aromatic carbocycles. The zero-order valence-corrected chi connectivity index (χ0v) is 16.2. The number of hydrogen-bond acceptors (Lipinski definition) is 5. The van der Waals surface area contributed by atoms with Gasteiger partial charge in [-0.3, -0.25) is 9.59 Å². The van der Waals surface area contributed by atoms with Gasteiger partial charge < -0.3 is 20.1 Å². The Hall–Kier alpha value is -3.45. The van der Waals surface area contributed by atoms with Gasteiger partial charge in [0.2, 0.25) is 0 Å². The van der Waals surface area contributed by atoms with Crippen LogP contribution in [0.4, 0.5) is 0 Å². The van der Waals surface area contributed by atoms with Crippen molar-refractivity contribution in [2.45, 2.75) is 26.0 Å². The molecule has 150 valence electrons. The summed E-state index contributed by atoms with van der Waals surface area (Å²) >= 11 is 0. The van der Waals surface area contributed by atoms with Crippen LogP contribution in [0.3, 0.4) is 0 Å². The highest BCUT2D eigenvalue weighted by molar-refractivity contribution is 6.45. The molecule has 7 nitrogen and oxygen atoms in total. The molecule has 0 radical (unpaired) electrons. The number of ether oxygens (including phenoxy) is 1. The second-order valence-electron chi connectivity index (χ2n) is 6.61. The predicted molar refractivity (Wildman–Crippen MR) is 107 cm³/mol. The van der Waals surface area contributed by atoms with E-state index in [4.69, 9.17) is 5.73 Å². The van der Waals surface area contributed by atoms with E-state index >= 15 is 0 Å². The zero-order valence-electron chi connectivity index (χ0n) is 16.2. The van der Waals surface area contributed by atoms with Gasteiger partial charge in [0, 0.05) is 28.7 Å². The molecule has 0 fully saturated rings. The average molecular weight is 394 g/mol. The number of benzene rings is 2. The van der Waals surface area contributed by atoms with Crippen molar-refractivity contribution in [1.82, 2.24) is 4.57 Å². The van der Waals surface area contributed by atoms with E-state index in [-0.39, 0.29) is 11.1 Å². The minimum Gasteiger partial charge on any atom is -0.467 e. The van der Waals surface area contributed by atoms with Crippen molar-refractivity contribution in [3.8, 4) is 0 Å². The summed E-state index contributed by atoms with van der Waals surface area (Å²) in [7, 11) is 1.17. The summed E-state index contributed by atoms with van der Waals surface area (Å²) in [6.45, 7) is 2.31. The smallest absolute Gasteiger partial charge is 0.339 e. The molecule has 1 aromatic heterocycles. The molecule has 3 aromatic rings. The van der Waals surface area contributed by atoms with Crippen LogP contribution in [0.25, 0.3) is 10.9 Å². The number of fused-ring (bicyclic) bond motifs is 1. The van der Waals surface area contributed by atoms with Crippen LogP contribution in [0.15, 0.2) is 48.5 Å². The van der Waals surface area contributed by atoms with Crippen molar-refractivity contribution >= 4 is 28.6 Å². The summed E-state index contributed by atoms with van der Waals surface area (Å²) < 4.78 is 6.56. The summed E-state index contributed by atoms with van der Waals surface area (Å²) in [5.41, 5.74) is 7.84. The van der Waals surface area contributed by atoms with E-state index < -0.39 is 23.8 Å². The second kappa shape index (κ2) is 8.28. The third kappa shape index (κ3) is 3.64. The molecule has 29 heavy (non-hydrogen) atoms. The fourth-order valence-corrected chi connectivity index (χ4v) is 3.63. The molecule has 0 saturated heterocycles. The first kappa shape index (κ1) is 20.3. The molecule has 3 rings (SSSR count). The highest BCUT2D eigenvalue weighted by Gasteiger charge is 2.30. The number of carbonyl (C=O) groups is 3. The Kier molecular flexibility index (Phi) is 5.79. The number of rotatable bonds is 7. The number of ketones is 1. The number of Topliss-reactive ketones (excluding diaryl/α,β-unsaturated/α-hetero) is 1. The molecule has 1 unspecified atom stereocenters. The van der Waals surface area contributed by atoms with Gasteiger partial charge >= 0.3 is 5.97 Å². The van der Waals surface area contributed by atoms with Gasteiger partial charge in [-0.2, -0.15) is 0 Å². The van der Waals surface area contributed by atoms with Crippen molar-refractivity contribution in [3.63, 3.8) is 0 Å². The number of aliphatic hydroxyl groups excluding tert-OH is 1. The van der Waals surface area contributed by atoms with Gasteiger partial charge in [0.1, 0.15) is 0 Å². The second-order valence-corrected chi connectivity index (χ2v) is 6.61. The molecule has 1 atom stereocenters. The lowest BCUT2D eigenvalue weighted by molar-refractivity contribution is -0.150.